The highest BCUT2D eigenvalue weighted by Gasteiger charge is 2.15. The minimum atomic E-state index is -0.101. The number of allylic oxidation sites excluding steroid dienone is 3. The maximum Gasteiger partial charge on any atom is 0.398 e. The lowest BCUT2D eigenvalue weighted by Gasteiger charge is -2.04. The van der Waals surface area contributed by atoms with E-state index in [-0.39, 0.29) is 7.62 Å². The van der Waals surface area contributed by atoms with Gasteiger partial charge in [-0.1, -0.05) is 50.1 Å². The average molecular weight is 239 g/mol. The highest BCUT2D eigenvalue weighted by atomic mass is 16.2. The quantitative estimate of drug-likeness (QED) is 0.598. The van der Waals surface area contributed by atoms with Crippen LogP contribution in [0.4, 0.5) is 0 Å². The van der Waals surface area contributed by atoms with Crippen molar-refractivity contribution in [3.8, 4) is 0 Å². The average Bonchev–Trinajstić information content (AvgIpc) is 2.68. The molecule has 0 radical (unpaired) electrons. The van der Waals surface area contributed by atoms with Crippen LogP contribution in [0.15, 0.2) is 38.0 Å². The van der Waals surface area contributed by atoms with Gasteiger partial charge >= 0.3 is 7.62 Å². The first-order chi connectivity index (χ1) is 8.74. The first-order valence-electron chi connectivity index (χ1n) is 5.79. The van der Waals surface area contributed by atoms with Crippen LogP contribution >= 0.6 is 0 Å². The van der Waals surface area contributed by atoms with Gasteiger partial charge in [-0.3, -0.25) is 0 Å². The molecule has 0 fully saturated rings. The summed E-state index contributed by atoms with van der Waals surface area (Å²) in [5, 5.41) is 9.53. The Morgan fingerprint density at radius 3 is 2.22 bits per heavy atom. The maximum absolute atomic E-state index is 9.53. The van der Waals surface area contributed by atoms with Gasteiger partial charge in [-0.15, -0.1) is 0 Å². The normalized spacial score (nSPS) is 11.0. The third-order valence-electron chi connectivity index (χ3n) is 2.69. The minimum Gasteiger partial charge on any atom is -0.435 e. The Labute approximate surface area is 109 Å². The molecule has 0 aliphatic carbocycles. The lowest BCUT2D eigenvalue weighted by molar-refractivity contribution is 0.588. The van der Waals surface area contributed by atoms with Crippen LogP contribution in [-0.4, -0.2) is 17.1 Å². The maximum atomic E-state index is 9.53. The van der Waals surface area contributed by atoms with E-state index in [1.54, 1.807) is 22.7 Å². The Kier molecular flexibility index (Phi) is 5.21. The van der Waals surface area contributed by atoms with Gasteiger partial charge in [0.2, 0.25) is 0 Å². The van der Waals surface area contributed by atoms with Crippen molar-refractivity contribution in [2.75, 3.05) is 0 Å². The van der Waals surface area contributed by atoms with Crippen LogP contribution in [0.25, 0.3) is 24.3 Å². The molecule has 92 valence electrons. The topological polar surface area (TPSA) is 25.2 Å². The Hall–Kier alpha value is -2.00. The molecular weight excluding hydrogens is 221 g/mol. The van der Waals surface area contributed by atoms with Crippen molar-refractivity contribution in [2.24, 2.45) is 0 Å². The Morgan fingerprint density at radius 1 is 1.06 bits per heavy atom. The van der Waals surface area contributed by atoms with Crippen LogP contribution in [0.1, 0.15) is 29.4 Å². The summed E-state index contributed by atoms with van der Waals surface area (Å²) in [5.74, 6) is 0. The number of hydrogen-bond donors (Lipinski definition) is 1. The monoisotopic (exact) mass is 239 g/mol. The van der Waals surface area contributed by atoms with E-state index in [1.165, 1.54) is 0 Å². The number of aromatic nitrogens is 1. The molecule has 3 heteroatoms. The summed E-state index contributed by atoms with van der Waals surface area (Å²) in [6.07, 6.45) is 12.9. The number of rotatable bonds is 6. The van der Waals surface area contributed by atoms with E-state index < -0.39 is 0 Å². The van der Waals surface area contributed by atoms with Crippen molar-refractivity contribution in [3.63, 3.8) is 0 Å². The van der Waals surface area contributed by atoms with Crippen molar-refractivity contribution >= 4 is 31.9 Å². The van der Waals surface area contributed by atoms with Crippen LogP contribution in [0.3, 0.4) is 0 Å². The standard InChI is InChI=1S/C15H18BNO/c1-5-9-11-15-12(7-3)13(10-6-2)14(8-4)17(15)16-18/h5-11,16,18H,1,3-4H2,2H3/b10-6-,11-9-. The van der Waals surface area contributed by atoms with E-state index in [0.29, 0.717) is 0 Å². The Morgan fingerprint density at radius 2 is 1.78 bits per heavy atom. The second kappa shape index (κ2) is 6.67. The Bertz CT molecular complexity index is 521. The Balaban J connectivity index is 3.66. The van der Waals surface area contributed by atoms with Gasteiger partial charge in [0, 0.05) is 22.5 Å². The van der Waals surface area contributed by atoms with Crippen molar-refractivity contribution in [3.05, 3.63) is 60.5 Å². The summed E-state index contributed by atoms with van der Waals surface area (Å²) in [4.78, 5) is 0. The molecule has 0 amide bonds. The van der Waals surface area contributed by atoms with Gasteiger partial charge in [0.1, 0.15) is 0 Å². The van der Waals surface area contributed by atoms with Crippen LogP contribution in [0.5, 0.6) is 0 Å². The van der Waals surface area contributed by atoms with E-state index in [9.17, 15) is 5.02 Å². The van der Waals surface area contributed by atoms with E-state index in [2.05, 4.69) is 19.7 Å². The molecule has 0 bridgehead atoms. The predicted octanol–water partition coefficient (Wildman–Crippen LogP) is 3.11. The largest absolute Gasteiger partial charge is 0.435 e. The number of nitrogens with zero attached hydrogens (tertiary/aromatic N) is 1. The summed E-state index contributed by atoms with van der Waals surface area (Å²) in [5.41, 5.74) is 3.78. The zero-order chi connectivity index (χ0) is 13.5. The molecule has 18 heavy (non-hydrogen) atoms. The first-order valence-corrected chi connectivity index (χ1v) is 5.79. The molecule has 1 N–H and O–H groups in total. The molecule has 1 rings (SSSR count). The molecule has 0 aromatic carbocycles. The van der Waals surface area contributed by atoms with E-state index in [4.69, 9.17) is 0 Å². The smallest absolute Gasteiger partial charge is 0.398 e. The van der Waals surface area contributed by atoms with Gasteiger partial charge in [-0.05, 0) is 19.1 Å². The molecule has 2 nitrogen and oxygen atoms in total. The second-order valence-corrected chi connectivity index (χ2v) is 3.67. The summed E-state index contributed by atoms with van der Waals surface area (Å²) in [7, 11) is -0.101. The van der Waals surface area contributed by atoms with E-state index in [1.807, 2.05) is 31.2 Å². The van der Waals surface area contributed by atoms with Gasteiger partial charge in [-0.2, -0.15) is 0 Å². The van der Waals surface area contributed by atoms with Crippen LogP contribution in [0.2, 0.25) is 0 Å². The fourth-order valence-electron chi connectivity index (χ4n) is 1.96. The fraction of sp³-hybridized carbons (Fsp3) is 0.0667. The van der Waals surface area contributed by atoms with E-state index >= 15 is 0 Å². The molecule has 0 saturated heterocycles. The van der Waals surface area contributed by atoms with Crippen LogP contribution in [0, 0.1) is 0 Å². The molecule has 1 aromatic heterocycles. The minimum absolute atomic E-state index is 0.101. The highest BCUT2D eigenvalue weighted by molar-refractivity contribution is 6.25. The van der Waals surface area contributed by atoms with Crippen molar-refractivity contribution in [1.29, 1.82) is 0 Å². The fourth-order valence-corrected chi connectivity index (χ4v) is 1.96. The molecule has 0 saturated carbocycles. The van der Waals surface area contributed by atoms with Gasteiger partial charge in [0.05, 0.1) is 0 Å². The third-order valence-corrected chi connectivity index (χ3v) is 2.69. The molecule has 0 unspecified atom stereocenters. The summed E-state index contributed by atoms with van der Waals surface area (Å²) < 4.78 is 1.79. The molecule has 1 aromatic rings. The van der Waals surface area contributed by atoms with E-state index in [0.717, 1.165) is 22.5 Å². The van der Waals surface area contributed by atoms with Gasteiger partial charge in [0.15, 0.2) is 0 Å². The highest BCUT2D eigenvalue weighted by Crippen LogP contribution is 2.27. The molecule has 0 atom stereocenters. The SMILES string of the molecule is C=C/C=C\c1c(C=C)c(/C=C\C)c(C=C)n1BO. The summed E-state index contributed by atoms with van der Waals surface area (Å²) in [6.45, 7) is 13.3. The van der Waals surface area contributed by atoms with Crippen molar-refractivity contribution in [1.82, 2.24) is 4.48 Å². The first kappa shape index (κ1) is 14.1. The van der Waals surface area contributed by atoms with Crippen LogP contribution in [-0.2, 0) is 0 Å². The van der Waals surface area contributed by atoms with Gasteiger partial charge in [-0.25, -0.2) is 0 Å². The summed E-state index contributed by atoms with van der Waals surface area (Å²) >= 11 is 0. The third kappa shape index (κ3) is 2.46. The van der Waals surface area contributed by atoms with Crippen molar-refractivity contribution < 1.29 is 5.02 Å². The van der Waals surface area contributed by atoms with Crippen molar-refractivity contribution in [2.45, 2.75) is 6.92 Å². The number of hydrogen-bond acceptors (Lipinski definition) is 1. The van der Waals surface area contributed by atoms with Crippen LogP contribution < -0.4 is 0 Å². The molecular formula is C15H18BNO. The van der Waals surface area contributed by atoms with Gasteiger partial charge < -0.3 is 9.50 Å². The predicted molar refractivity (Wildman–Crippen MR) is 83.3 cm³/mol. The lowest BCUT2D eigenvalue weighted by atomic mass is 10.1. The zero-order valence-corrected chi connectivity index (χ0v) is 10.8. The van der Waals surface area contributed by atoms with Gasteiger partial charge in [0.25, 0.3) is 0 Å². The zero-order valence-electron chi connectivity index (χ0n) is 10.8. The molecule has 0 aliphatic rings. The molecule has 1 heterocycles. The second-order valence-electron chi connectivity index (χ2n) is 3.67. The molecule has 0 aliphatic heterocycles. The lowest BCUT2D eigenvalue weighted by Crippen LogP contribution is -2.09. The summed E-state index contributed by atoms with van der Waals surface area (Å²) in [6, 6.07) is 0. The molecule has 0 spiro atoms.